The summed E-state index contributed by atoms with van der Waals surface area (Å²) in [6.45, 7) is 5.30. The van der Waals surface area contributed by atoms with E-state index in [1.165, 1.54) is 12.1 Å². The maximum Gasteiger partial charge on any atom is 0.197 e. The molecule has 2 aliphatic heterocycles. The van der Waals surface area contributed by atoms with E-state index in [0.29, 0.717) is 31.2 Å². The predicted octanol–water partition coefficient (Wildman–Crippen LogP) is 1.24. The number of hydrogen-bond donors (Lipinski definition) is 3. The molecule has 2 aliphatic rings. The molecule has 0 radical (unpaired) electrons. The lowest BCUT2D eigenvalue weighted by molar-refractivity contribution is -0.0868. The molecule has 0 saturated carbocycles. The van der Waals surface area contributed by atoms with Crippen LogP contribution in [0.1, 0.15) is 25.3 Å². The number of aromatic nitrogens is 1. The molecular formula is C20H26FN7O2. The highest BCUT2D eigenvalue weighted by Gasteiger charge is 2.37. The molecule has 4 rings (SSSR count). The second-order valence-electron chi connectivity index (χ2n) is 7.68. The quantitative estimate of drug-likeness (QED) is 0.686. The average Bonchev–Trinajstić information content (AvgIpc) is 2.71. The summed E-state index contributed by atoms with van der Waals surface area (Å²) in [5, 5.41) is 3.52. The van der Waals surface area contributed by atoms with Crippen molar-refractivity contribution in [3.8, 4) is 0 Å². The molecule has 1 aromatic carbocycles. The van der Waals surface area contributed by atoms with Crippen LogP contribution in [0.5, 0.6) is 0 Å². The second kappa shape index (κ2) is 7.69. The van der Waals surface area contributed by atoms with E-state index in [1.54, 1.807) is 6.07 Å². The zero-order valence-electron chi connectivity index (χ0n) is 17.2. The van der Waals surface area contributed by atoms with Gasteiger partial charge in [0.25, 0.3) is 0 Å². The monoisotopic (exact) mass is 415 g/mol. The fourth-order valence-corrected chi connectivity index (χ4v) is 3.77. The molecule has 2 aromatic rings. The van der Waals surface area contributed by atoms with Gasteiger partial charge in [-0.1, -0.05) is 6.92 Å². The van der Waals surface area contributed by atoms with E-state index in [-0.39, 0.29) is 29.9 Å². The van der Waals surface area contributed by atoms with Gasteiger partial charge >= 0.3 is 0 Å². The van der Waals surface area contributed by atoms with Crippen LogP contribution >= 0.6 is 0 Å². The Morgan fingerprint density at radius 3 is 2.63 bits per heavy atom. The molecule has 1 aromatic heterocycles. The number of anilines is 1. The van der Waals surface area contributed by atoms with E-state index in [4.69, 9.17) is 25.9 Å². The first-order valence-corrected chi connectivity index (χ1v) is 9.77. The van der Waals surface area contributed by atoms with E-state index in [0.717, 1.165) is 10.9 Å². The third kappa shape index (κ3) is 3.75. The van der Waals surface area contributed by atoms with Gasteiger partial charge in [-0.3, -0.25) is 5.32 Å². The van der Waals surface area contributed by atoms with Crippen LogP contribution in [0.25, 0.3) is 10.9 Å². The number of benzene rings is 1. The highest BCUT2D eigenvalue weighted by molar-refractivity contribution is 5.99. The van der Waals surface area contributed by atoms with E-state index in [1.807, 2.05) is 31.9 Å². The van der Waals surface area contributed by atoms with E-state index in [9.17, 15) is 4.39 Å². The Hall–Kier alpha value is -2.98. The Kier molecular flexibility index (Phi) is 5.20. The first kappa shape index (κ1) is 20.3. The Morgan fingerprint density at radius 2 is 1.97 bits per heavy atom. The van der Waals surface area contributed by atoms with Gasteiger partial charge in [0.2, 0.25) is 0 Å². The summed E-state index contributed by atoms with van der Waals surface area (Å²) in [4.78, 5) is 15.7. The van der Waals surface area contributed by atoms with Crippen molar-refractivity contribution in [2.75, 3.05) is 31.8 Å². The minimum absolute atomic E-state index is 0.201. The van der Waals surface area contributed by atoms with Crippen molar-refractivity contribution in [3.63, 3.8) is 0 Å². The number of halogens is 1. The van der Waals surface area contributed by atoms with Crippen molar-refractivity contribution in [1.82, 2.24) is 10.3 Å². The zero-order chi connectivity index (χ0) is 21.5. The summed E-state index contributed by atoms with van der Waals surface area (Å²) in [6.07, 6.45) is -0.314. The second-order valence-corrected chi connectivity index (χ2v) is 7.68. The number of ether oxygens (including phenoxy) is 2. The van der Waals surface area contributed by atoms with Crippen LogP contribution in [0, 0.1) is 5.82 Å². The number of fused-ring (bicyclic) bond motifs is 1. The Balaban J connectivity index is 1.84. The van der Waals surface area contributed by atoms with Crippen molar-refractivity contribution < 1.29 is 13.9 Å². The Bertz CT molecular complexity index is 1000. The van der Waals surface area contributed by atoms with Crippen molar-refractivity contribution >= 4 is 28.6 Å². The number of nitrogens with zero attached hydrogens (tertiary/aromatic N) is 4. The van der Waals surface area contributed by atoms with Gasteiger partial charge in [-0.15, -0.1) is 0 Å². The van der Waals surface area contributed by atoms with Gasteiger partial charge in [-0.25, -0.2) is 19.4 Å². The number of rotatable bonds is 4. The van der Waals surface area contributed by atoms with Crippen molar-refractivity contribution in [2.45, 2.75) is 31.7 Å². The van der Waals surface area contributed by atoms with Gasteiger partial charge in [0, 0.05) is 30.0 Å². The van der Waals surface area contributed by atoms with Crippen LogP contribution in [-0.2, 0) is 9.47 Å². The average molecular weight is 415 g/mol. The molecule has 9 nitrogen and oxygen atoms in total. The fourth-order valence-electron chi connectivity index (χ4n) is 3.77. The molecule has 160 valence electrons. The molecule has 10 heteroatoms. The lowest BCUT2D eigenvalue weighted by atomic mass is 9.88. The molecule has 5 N–H and O–H groups in total. The third-order valence-electron chi connectivity index (χ3n) is 5.59. The molecule has 1 saturated heterocycles. The molecule has 2 atom stereocenters. The molecular weight excluding hydrogens is 389 g/mol. The molecule has 0 aliphatic carbocycles. The van der Waals surface area contributed by atoms with Gasteiger partial charge in [-0.2, -0.15) is 0 Å². The first-order chi connectivity index (χ1) is 14.3. The van der Waals surface area contributed by atoms with Crippen LogP contribution in [0.3, 0.4) is 0 Å². The smallest absolute Gasteiger partial charge is 0.197 e. The molecule has 1 fully saturated rings. The SMILES string of the molecule is C[C@@H](c1cc2ccc(F)cc2nc1N(C)C1COCCO1)C1(C)N=C(N)NC(N)=N1. The van der Waals surface area contributed by atoms with E-state index >= 15 is 0 Å². The van der Waals surface area contributed by atoms with Gasteiger partial charge < -0.3 is 25.8 Å². The topological polar surface area (TPSA) is 123 Å². The van der Waals surface area contributed by atoms with Crippen molar-refractivity contribution in [1.29, 1.82) is 0 Å². The largest absolute Gasteiger partial charge is 0.374 e. The highest BCUT2D eigenvalue weighted by atomic mass is 19.1. The zero-order valence-corrected chi connectivity index (χ0v) is 17.2. The van der Waals surface area contributed by atoms with E-state index < -0.39 is 5.66 Å². The standard InChI is InChI=1S/C20H26FN7O2/c1-11(20(2)26-18(22)25-19(23)27-20)14-8-12-4-5-13(21)9-15(12)24-17(14)28(3)16-10-29-6-7-30-16/h4-5,8-9,11,16H,6-7,10H2,1-3H3,(H5,22,23,25,26,27)/t11-,16?/m0/s1. The van der Waals surface area contributed by atoms with Crippen LogP contribution in [0.2, 0.25) is 0 Å². The maximum absolute atomic E-state index is 13.9. The number of aliphatic imine (C=N–C) groups is 2. The summed E-state index contributed by atoms with van der Waals surface area (Å²) in [5.74, 6) is 0.443. The third-order valence-corrected chi connectivity index (χ3v) is 5.59. The number of hydrogen-bond acceptors (Lipinski definition) is 9. The molecule has 0 bridgehead atoms. The predicted molar refractivity (Wildman–Crippen MR) is 114 cm³/mol. The minimum Gasteiger partial charge on any atom is -0.374 e. The van der Waals surface area contributed by atoms with Crippen LogP contribution in [0.4, 0.5) is 10.2 Å². The molecule has 3 heterocycles. The Morgan fingerprint density at radius 1 is 1.23 bits per heavy atom. The molecule has 0 spiro atoms. The first-order valence-electron chi connectivity index (χ1n) is 9.77. The van der Waals surface area contributed by atoms with Gasteiger partial charge in [0.15, 0.2) is 23.8 Å². The number of pyridine rings is 1. The molecule has 1 unspecified atom stereocenters. The minimum atomic E-state index is -0.936. The fraction of sp³-hybridized carbons (Fsp3) is 0.450. The lowest BCUT2D eigenvalue weighted by Crippen LogP contribution is -2.50. The number of likely N-dealkylation sites (N-methyl/N-ethyl adjacent to an activating group) is 1. The Labute approximate surface area is 174 Å². The number of nitrogens with one attached hydrogen (secondary N) is 1. The molecule has 0 amide bonds. The summed E-state index contributed by atoms with van der Waals surface area (Å²) in [5.41, 5.74) is 12.3. The van der Waals surface area contributed by atoms with Crippen LogP contribution in [-0.4, -0.2) is 55.7 Å². The number of nitrogens with two attached hydrogens (primary N) is 2. The lowest BCUT2D eigenvalue weighted by Gasteiger charge is -2.37. The van der Waals surface area contributed by atoms with E-state index in [2.05, 4.69) is 15.3 Å². The van der Waals surface area contributed by atoms with Crippen LogP contribution < -0.4 is 21.7 Å². The van der Waals surface area contributed by atoms with Crippen molar-refractivity contribution in [3.05, 3.63) is 35.6 Å². The summed E-state index contributed by atoms with van der Waals surface area (Å²) >= 11 is 0. The summed E-state index contributed by atoms with van der Waals surface area (Å²) in [6, 6.07) is 6.51. The molecule has 30 heavy (non-hydrogen) atoms. The van der Waals surface area contributed by atoms with Crippen LogP contribution in [0.15, 0.2) is 34.3 Å². The number of guanidine groups is 2. The summed E-state index contributed by atoms with van der Waals surface area (Å²) < 4.78 is 25.3. The van der Waals surface area contributed by atoms with Gasteiger partial charge in [0.05, 0.1) is 25.3 Å². The van der Waals surface area contributed by atoms with Gasteiger partial charge in [-0.05, 0) is 25.1 Å². The maximum atomic E-state index is 13.9. The normalized spacial score (nSPS) is 22.1. The highest BCUT2D eigenvalue weighted by Crippen LogP contribution is 2.39. The van der Waals surface area contributed by atoms with Gasteiger partial charge in [0.1, 0.15) is 11.6 Å². The van der Waals surface area contributed by atoms with Crippen molar-refractivity contribution in [2.24, 2.45) is 21.5 Å². The summed E-state index contributed by atoms with van der Waals surface area (Å²) in [7, 11) is 1.88.